The zero-order valence-electron chi connectivity index (χ0n) is 18.0. The van der Waals surface area contributed by atoms with Gasteiger partial charge < -0.3 is 10.2 Å². The fourth-order valence-electron chi connectivity index (χ4n) is 4.48. The van der Waals surface area contributed by atoms with Crippen molar-refractivity contribution in [3.63, 3.8) is 0 Å². The summed E-state index contributed by atoms with van der Waals surface area (Å²) in [5, 5.41) is 2.71. The highest BCUT2D eigenvalue weighted by atomic mass is 19.4. The minimum Gasteiger partial charge on any atom is -0.336 e. The lowest BCUT2D eigenvalue weighted by Crippen LogP contribution is -2.57. The Morgan fingerprint density at radius 2 is 1.93 bits per heavy atom. The lowest BCUT2D eigenvalue weighted by atomic mass is 9.74. The average molecular weight is 435 g/mol. The van der Waals surface area contributed by atoms with Crippen molar-refractivity contribution < 1.29 is 27.6 Å². The molecule has 3 atom stereocenters. The molecule has 1 unspecified atom stereocenters. The smallest absolute Gasteiger partial charge is 0.336 e. The monoisotopic (exact) mass is 434 g/mol. The fourth-order valence-corrected chi connectivity index (χ4v) is 4.48. The number of amides is 3. The maximum Gasteiger partial charge on any atom is 0.401 e. The summed E-state index contributed by atoms with van der Waals surface area (Å²) < 4.78 is 39.4. The van der Waals surface area contributed by atoms with E-state index in [0.29, 0.717) is 32.4 Å². The first-order chi connectivity index (χ1) is 14.0. The van der Waals surface area contributed by atoms with E-state index in [-0.39, 0.29) is 43.7 Å². The molecular weight excluding hydrogens is 401 g/mol. The number of piperidine rings is 1. The molecule has 0 aromatic carbocycles. The Balaban J connectivity index is 2.13. The topological polar surface area (TPSA) is 73.0 Å². The van der Waals surface area contributed by atoms with Crippen LogP contribution in [0.1, 0.15) is 39.0 Å². The number of Topliss-reactive ketones (excluding diaryl/α,β-unsaturated/α-hetero) is 1. The molecule has 0 bridgehead atoms. The predicted octanol–water partition coefficient (Wildman–Crippen LogP) is 2.12. The van der Waals surface area contributed by atoms with E-state index >= 15 is 0 Å². The van der Waals surface area contributed by atoms with Crippen LogP contribution in [0.15, 0.2) is 0 Å². The summed E-state index contributed by atoms with van der Waals surface area (Å²) in [6.45, 7) is 1.86. The number of likely N-dealkylation sites (N-methyl/N-ethyl adjacent to an activating group) is 1. The fraction of sp³-hybridized carbons (Fsp3) is 0.850. The summed E-state index contributed by atoms with van der Waals surface area (Å²) >= 11 is 0. The van der Waals surface area contributed by atoms with Crippen molar-refractivity contribution in [1.82, 2.24) is 20.0 Å². The van der Waals surface area contributed by atoms with Crippen molar-refractivity contribution in [2.75, 3.05) is 46.8 Å². The number of rotatable bonds is 7. The van der Waals surface area contributed by atoms with Crippen molar-refractivity contribution in [3.05, 3.63) is 0 Å². The van der Waals surface area contributed by atoms with Crippen LogP contribution in [-0.4, -0.2) is 91.5 Å². The minimum absolute atomic E-state index is 0.0307. The first-order valence-corrected chi connectivity index (χ1v) is 10.6. The van der Waals surface area contributed by atoms with Gasteiger partial charge in [0.15, 0.2) is 0 Å². The second-order valence-electron chi connectivity index (χ2n) is 8.61. The normalized spacial score (nSPS) is 25.2. The molecule has 0 radical (unpaired) electrons. The number of fused-ring (bicyclic) bond motifs is 1. The second kappa shape index (κ2) is 10.6. The van der Waals surface area contributed by atoms with E-state index in [9.17, 15) is 27.6 Å². The molecule has 1 heterocycles. The van der Waals surface area contributed by atoms with Gasteiger partial charge in [-0.1, -0.05) is 6.92 Å². The Morgan fingerprint density at radius 3 is 2.53 bits per heavy atom. The third kappa shape index (κ3) is 6.94. The molecule has 0 spiro atoms. The molecule has 1 saturated heterocycles. The maximum absolute atomic E-state index is 13.2. The van der Waals surface area contributed by atoms with Crippen molar-refractivity contribution in [2.45, 2.75) is 51.2 Å². The van der Waals surface area contributed by atoms with Gasteiger partial charge in [0.2, 0.25) is 5.91 Å². The van der Waals surface area contributed by atoms with Crippen molar-refractivity contribution in [1.29, 1.82) is 0 Å². The number of alkyl halides is 3. The zero-order chi connectivity index (χ0) is 22.5. The summed E-state index contributed by atoms with van der Waals surface area (Å²) in [4.78, 5) is 41.9. The molecule has 1 aliphatic carbocycles. The summed E-state index contributed by atoms with van der Waals surface area (Å²) in [6.07, 6.45) is -2.62. The zero-order valence-corrected chi connectivity index (χ0v) is 18.0. The number of halogens is 3. The molecule has 1 saturated carbocycles. The molecule has 0 aromatic heterocycles. The minimum atomic E-state index is -4.39. The highest BCUT2D eigenvalue weighted by Crippen LogP contribution is 2.38. The molecule has 2 rings (SSSR count). The molecule has 172 valence electrons. The van der Waals surface area contributed by atoms with Crippen LogP contribution in [-0.2, 0) is 9.59 Å². The van der Waals surface area contributed by atoms with E-state index in [1.165, 1.54) is 4.90 Å². The van der Waals surface area contributed by atoms with Gasteiger partial charge >= 0.3 is 12.2 Å². The molecule has 10 heteroatoms. The third-order valence-corrected chi connectivity index (χ3v) is 5.79. The summed E-state index contributed by atoms with van der Waals surface area (Å²) in [5.41, 5.74) is 0. The number of imide groups is 1. The van der Waals surface area contributed by atoms with Crippen molar-refractivity contribution in [3.8, 4) is 0 Å². The van der Waals surface area contributed by atoms with Gasteiger partial charge in [0.1, 0.15) is 5.78 Å². The lowest BCUT2D eigenvalue weighted by Gasteiger charge is -2.47. The molecule has 1 aliphatic heterocycles. The van der Waals surface area contributed by atoms with Gasteiger partial charge in [-0.3, -0.25) is 19.4 Å². The molecule has 7 nitrogen and oxygen atoms in total. The van der Waals surface area contributed by atoms with Crippen LogP contribution in [0, 0.1) is 11.8 Å². The molecule has 2 fully saturated rings. The Bertz CT molecular complexity index is 627. The van der Waals surface area contributed by atoms with Crippen molar-refractivity contribution >= 4 is 17.7 Å². The number of hydrogen-bond donors (Lipinski definition) is 1. The Hall–Kier alpha value is -1.68. The highest BCUT2D eigenvalue weighted by molar-refractivity contribution is 5.95. The summed E-state index contributed by atoms with van der Waals surface area (Å²) in [7, 11) is 3.72. The van der Waals surface area contributed by atoms with Crippen LogP contribution in [0.25, 0.3) is 0 Å². The molecule has 0 aromatic rings. The maximum atomic E-state index is 13.2. The van der Waals surface area contributed by atoms with Crippen LogP contribution < -0.4 is 5.32 Å². The Kier molecular flexibility index (Phi) is 8.66. The van der Waals surface area contributed by atoms with Gasteiger partial charge in [0, 0.05) is 45.1 Å². The standard InChI is InChI=1S/C20H33F3N4O3/c1-4-8-27(19(30)24-7-9-25(2)3)18(29)15-10-14-11-16(28)5-6-17(14)26(12-15)13-20(21,22)23/h14-15,17H,4-13H2,1-3H3,(H,24,30)/t14-,15?,17-/m1/s1. The van der Waals surface area contributed by atoms with Crippen LogP contribution in [0.2, 0.25) is 0 Å². The molecular formula is C20H33F3N4O3. The molecule has 2 aliphatic rings. The predicted molar refractivity (Wildman–Crippen MR) is 106 cm³/mol. The quantitative estimate of drug-likeness (QED) is 0.665. The van der Waals surface area contributed by atoms with E-state index in [2.05, 4.69) is 5.32 Å². The number of urea groups is 1. The number of carbonyl (C=O) groups is 3. The SMILES string of the molecule is CCCN(C(=O)NCCN(C)C)C(=O)C1C[C@@H]2CC(=O)CC[C@H]2N(CC(F)(F)F)C1. The number of ketones is 1. The molecule has 1 N–H and O–H groups in total. The number of nitrogens with zero attached hydrogens (tertiary/aromatic N) is 3. The Morgan fingerprint density at radius 1 is 1.23 bits per heavy atom. The summed E-state index contributed by atoms with van der Waals surface area (Å²) in [5.74, 6) is -1.44. The van der Waals surface area contributed by atoms with E-state index in [0.717, 1.165) is 4.90 Å². The average Bonchev–Trinajstić information content (AvgIpc) is 2.63. The molecule has 30 heavy (non-hydrogen) atoms. The lowest BCUT2D eigenvalue weighted by molar-refractivity contribution is -0.167. The number of likely N-dealkylation sites (tertiary alicyclic amines) is 1. The second-order valence-corrected chi connectivity index (χ2v) is 8.61. The van der Waals surface area contributed by atoms with E-state index in [1.807, 2.05) is 25.9 Å². The summed E-state index contributed by atoms with van der Waals surface area (Å²) in [6, 6.07) is -0.866. The highest BCUT2D eigenvalue weighted by Gasteiger charge is 2.46. The number of nitrogens with one attached hydrogen (secondary N) is 1. The molecule has 3 amide bonds. The van der Waals surface area contributed by atoms with E-state index in [4.69, 9.17) is 0 Å². The number of carbonyl (C=O) groups excluding carboxylic acids is 3. The van der Waals surface area contributed by atoms with Crippen molar-refractivity contribution in [2.24, 2.45) is 11.8 Å². The first kappa shape index (κ1) is 24.6. The van der Waals surface area contributed by atoms with Gasteiger partial charge in [-0.05, 0) is 39.3 Å². The van der Waals surface area contributed by atoms with E-state index < -0.39 is 30.6 Å². The van der Waals surface area contributed by atoms with Crippen LogP contribution in [0.4, 0.5) is 18.0 Å². The number of hydrogen-bond acceptors (Lipinski definition) is 5. The Labute approximate surface area is 175 Å². The van der Waals surface area contributed by atoms with E-state index in [1.54, 1.807) is 0 Å². The largest absolute Gasteiger partial charge is 0.401 e. The first-order valence-electron chi connectivity index (χ1n) is 10.6. The van der Waals surface area contributed by atoms with Gasteiger partial charge in [-0.15, -0.1) is 0 Å². The third-order valence-electron chi connectivity index (χ3n) is 5.79. The van der Waals surface area contributed by atoms with Crippen LogP contribution >= 0.6 is 0 Å². The van der Waals surface area contributed by atoms with Crippen LogP contribution in [0.3, 0.4) is 0 Å². The van der Waals surface area contributed by atoms with Crippen LogP contribution in [0.5, 0.6) is 0 Å². The van der Waals surface area contributed by atoms with Gasteiger partial charge in [0.25, 0.3) is 0 Å². The van der Waals surface area contributed by atoms with Gasteiger partial charge in [-0.25, -0.2) is 4.79 Å². The van der Waals surface area contributed by atoms with Gasteiger partial charge in [-0.2, -0.15) is 13.2 Å². The van der Waals surface area contributed by atoms with Gasteiger partial charge in [0.05, 0.1) is 12.5 Å².